The van der Waals surface area contributed by atoms with Crippen LogP contribution in [0, 0.1) is 5.92 Å². The van der Waals surface area contributed by atoms with E-state index in [9.17, 15) is 0 Å². The molecule has 0 heteroatoms. The summed E-state index contributed by atoms with van der Waals surface area (Å²) in [7, 11) is 0. The van der Waals surface area contributed by atoms with Gasteiger partial charge < -0.3 is 0 Å². The van der Waals surface area contributed by atoms with Crippen molar-refractivity contribution in [2.24, 2.45) is 5.92 Å². The second-order valence-corrected chi connectivity index (χ2v) is 6.13. The van der Waals surface area contributed by atoms with Gasteiger partial charge in [-0.1, -0.05) is 63.3 Å². The van der Waals surface area contributed by atoms with Gasteiger partial charge in [-0.25, -0.2) is 0 Å². The number of unbranched alkanes of at least 4 members (excludes halogenated alkanes) is 3. The second-order valence-electron chi connectivity index (χ2n) is 6.13. The van der Waals surface area contributed by atoms with Crippen LogP contribution in [-0.2, 0) is 0 Å². The summed E-state index contributed by atoms with van der Waals surface area (Å²) in [6.45, 7) is 11.4. The molecule has 0 aromatic heterocycles. The highest BCUT2D eigenvalue weighted by molar-refractivity contribution is 4.97. The van der Waals surface area contributed by atoms with E-state index < -0.39 is 0 Å². The number of allylic oxidation sites excluding steroid dienone is 4. The Balaban J connectivity index is 3.46. The van der Waals surface area contributed by atoms with Crippen LogP contribution in [0.3, 0.4) is 0 Å². The smallest absolute Gasteiger partial charge is 0.0346 e. The Morgan fingerprint density at radius 1 is 0.789 bits per heavy atom. The highest BCUT2D eigenvalue weighted by atomic mass is 14.1. The van der Waals surface area contributed by atoms with Gasteiger partial charge in [0.15, 0.2) is 0 Å². The minimum atomic E-state index is 0.897. The average Bonchev–Trinajstić information content (AvgIpc) is 2.41. The summed E-state index contributed by atoms with van der Waals surface area (Å²) < 4.78 is 0. The van der Waals surface area contributed by atoms with E-state index in [2.05, 4.69) is 46.8 Å². The van der Waals surface area contributed by atoms with E-state index in [1.807, 2.05) is 0 Å². The second kappa shape index (κ2) is 12.5. The first kappa shape index (κ1) is 18.5. The van der Waals surface area contributed by atoms with Crippen LogP contribution in [0.25, 0.3) is 0 Å². The van der Waals surface area contributed by atoms with Gasteiger partial charge in [0.1, 0.15) is 0 Å². The first-order valence-electron chi connectivity index (χ1n) is 8.41. The largest absolute Gasteiger partial charge is 0.0856 e. The Morgan fingerprint density at radius 3 is 1.95 bits per heavy atom. The van der Waals surface area contributed by atoms with Gasteiger partial charge in [-0.2, -0.15) is 0 Å². The molecule has 0 aliphatic heterocycles. The van der Waals surface area contributed by atoms with Crippen molar-refractivity contribution >= 4 is 0 Å². The molecule has 0 fully saturated rings. The van der Waals surface area contributed by atoms with Crippen LogP contribution < -0.4 is 0 Å². The third kappa shape index (κ3) is 12.3. The molecule has 0 radical (unpaired) electrons. The predicted molar refractivity (Wildman–Crippen MR) is 89.6 cm³/mol. The molecule has 0 amide bonds. The highest BCUT2D eigenvalue weighted by Crippen LogP contribution is 2.17. The van der Waals surface area contributed by atoms with Crippen molar-refractivity contribution in [2.45, 2.75) is 92.4 Å². The standard InChI is InChI=1S/C19H36/c1-6-17(3)13-10-8-9-11-14-19(5)16-12-15-18(4)7-2/h13,15,19H,6-12,14,16H2,1-5H3. The van der Waals surface area contributed by atoms with E-state index in [1.54, 1.807) is 11.1 Å². The molecule has 1 atom stereocenters. The average molecular weight is 264 g/mol. The van der Waals surface area contributed by atoms with E-state index in [-0.39, 0.29) is 0 Å². The first-order valence-corrected chi connectivity index (χ1v) is 8.41. The van der Waals surface area contributed by atoms with Crippen LogP contribution >= 0.6 is 0 Å². The normalized spacial score (nSPS) is 14.8. The molecule has 0 saturated heterocycles. The molecule has 0 bridgehead atoms. The first-order chi connectivity index (χ1) is 9.10. The van der Waals surface area contributed by atoms with Crippen molar-refractivity contribution in [1.82, 2.24) is 0 Å². The number of hydrogen-bond donors (Lipinski definition) is 0. The molecule has 112 valence electrons. The molecule has 0 nitrogen and oxygen atoms in total. The molecular formula is C19H36. The minimum absolute atomic E-state index is 0.897. The summed E-state index contributed by atoms with van der Waals surface area (Å²) in [5.41, 5.74) is 3.09. The van der Waals surface area contributed by atoms with Gasteiger partial charge in [-0.15, -0.1) is 0 Å². The Kier molecular flexibility index (Phi) is 12.2. The molecule has 0 aromatic rings. The minimum Gasteiger partial charge on any atom is -0.0856 e. The summed E-state index contributed by atoms with van der Waals surface area (Å²) in [4.78, 5) is 0. The van der Waals surface area contributed by atoms with Crippen LogP contribution in [-0.4, -0.2) is 0 Å². The van der Waals surface area contributed by atoms with Crippen molar-refractivity contribution in [3.63, 3.8) is 0 Å². The van der Waals surface area contributed by atoms with E-state index >= 15 is 0 Å². The zero-order valence-electron chi connectivity index (χ0n) is 14.1. The molecule has 0 aromatic carbocycles. The lowest BCUT2D eigenvalue weighted by atomic mass is 9.97. The molecule has 0 N–H and O–H groups in total. The van der Waals surface area contributed by atoms with Gasteiger partial charge in [0, 0.05) is 0 Å². The Labute approximate surface area is 122 Å². The van der Waals surface area contributed by atoms with Crippen molar-refractivity contribution in [1.29, 1.82) is 0 Å². The number of hydrogen-bond acceptors (Lipinski definition) is 0. The summed E-state index contributed by atoms with van der Waals surface area (Å²) in [6, 6.07) is 0. The van der Waals surface area contributed by atoms with Gasteiger partial charge in [-0.3, -0.25) is 0 Å². The van der Waals surface area contributed by atoms with E-state index in [4.69, 9.17) is 0 Å². The molecule has 0 aliphatic rings. The SMILES string of the molecule is CCC(C)=CCCCCCC(C)CCC=C(C)CC. The van der Waals surface area contributed by atoms with Gasteiger partial charge in [0.25, 0.3) is 0 Å². The summed E-state index contributed by atoms with van der Waals surface area (Å²) in [6.07, 6.45) is 16.8. The van der Waals surface area contributed by atoms with E-state index in [1.165, 1.54) is 57.8 Å². The lowest BCUT2D eigenvalue weighted by molar-refractivity contribution is 0.464. The molecule has 0 rings (SSSR count). The fourth-order valence-electron chi connectivity index (χ4n) is 2.21. The van der Waals surface area contributed by atoms with Crippen molar-refractivity contribution < 1.29 is 0 Å². The van der Waals surface area contributed by atoms with E-state index in [0.29, 0.717) is 0 Å². The van der Waals surface area contributed by atoms with Gasteiger partial charge in [0.05, 0.1) is 0 Å². The third-order valence-electron chi connectivity index (χ3n) is 4.16. The maximum atomic E-state index is 2.43. The van der Waals surface area contributed by atoms with Crippen molar-refractivity contribution in [2.75, 3.05) is 0 Å². The molecule has 19 heavy (non-hydrogen) atoms. The summed E-state index contributed by atoms with van der Waals surface area (Å²) in [5.74, 6) is 0.897. The number of rotatable bonds is 11. The monoisotopic (exact) mass is 264 g/mol. The molecular weight excluding hydrogens is 228 g/mol. The zero-order chi connectivity index (χ0) is 14.5. The van der Waals surface area contributed by atoms with E-state index in [0.717, 1.165) is 5.92 Å². The molecule has 0 aliphatic carbocycles. The van der Waals surface area contributed by atoms with Crippen LogP contribution in [0.15, 0.2) is 23.3 Å². The fourth-order valence-corrected chi connectivity index (χ4v) is 2.21. The van der Waals surface area contributed by atoms with Gasteiger partial charge in [0.2, 0.25) is 0 Å². The highest BCUT2D eigenvalue weighted by Gasteiger charge is 2.00. The van der Waals surface area contributed by atoms with Crippen LogP contribution in [0.2, 0.25) is 0 Å². The molecule has 1 unspecified atom stereocenters. The third-order valence-corrected chi connectivity index (χ3v) is 4.16. The fraction of sp³-hybridized carbons (Fsp3) is 0.789. The van der Waals surface area contributed by atoms with Crippen molar-refractivity contribution in [3.8, 4) is 0 Å². The summed E-state index contributed by atoms with van der Waals surface area (Å²) >= 11 is 0. The zero-order valence-corrected chi connectivity index (χ0v) is 14.1. The van der Waals surface area contributed by atoms with Gasteiger partial charge in [-0.05, 0) is 58.3 Å². The van der Waals surface area contributed by atoms with Gasteiger partial charge >= 0.3 is 0 Å². The topological polar surface area (TPSA) is 0 Å². The molecule has 0 spiro atoms. The quantitative estimate of drug-likeness (QED) is 0.276. The maximum Gasteiger partial charge on any atom is -0.0346 e. The van der Waals surface area contributed by atoms with Crippen LogP contribution in [0.4, 0.5) is 0 Å². The summed E-state index contributed by atoms with van der Waals surface area (Å²) in [5, 5.41) is 0. The molecule has 0 saturated carbocycles. The Hall–Kier alpha value is -0.520. The maximum absolute atomic E-state index is 2.43. The predicted octanol–water partition coefficient (Wildman–Crippen LogP) is 7.07. The van der Waals surface area contributed by atoms with Crippen molar-refractivity contribution in [3.05, 3.63) is 23.3 Å². The Morgan fingerprint density at radius 2 is 1.37 bits per heavy atom. The van der Waals surface area contributed by atoms with Crippen LogP contribution in [0.1, 0.15) is 92.4 Å². The Bertz CT molecular complexity index is 257. The lowest BCUT2D eigenvalue weighted by Gasteiger charge is -2.09. The lowest BCUT2D eigenvalue weighted by Crippen LogP contribution is -1.94. The van der Waals surface area contributed by atoms with Crippen LogP contribution in [0.5, 0.6) is 0 Å². The molecule has 0 heterocycles.